The summed E-state index contributed by atoms with van der Waals surface area (Å²) < 4.78 is 1.13. The molecule has 1 aromatic rings. The smallest absolute Gasteiger partial charge is 0.0377 e. The predicted molar refractivity (Wildman–Crippen MR) is 86.5 cm³/mol. The van der Waals surface area contributed by atoms with Crippen LogP contribution in [0.15, 0.2) is 22.7 Å². The number of piperidine rings is 1. The van der Waals surface area contributed by atoms with Crippen molar-refractivity contribution in [3.63, 3.8) is 0 Å². The fourth-order valence-corrected chi connectivity index (χ4v) is 3.63. The third kappa shape index (κ3) is 3.51. The van der Waals surface area contributed by atoms with E-state index >= 15 is 0 Å². The van der Waals surface area contributed by atoms with Crippen molar-refractivity contribution in [1.29, 1.82) is 0 Å². The normalized spacial score (nSPS) is 18.9. The third-order valence-corrected chi connectivity index (χ3v) is 5.01. The molecule has 19 heavy (non-hydrogen) atoms. The lowest BCUT2D eigenvalue weighted by Gasteiger charge is -2.35. The molecule has 0 unspecified atom stereocenters. The minimum absolute atomic E-state index is 0.0788. The molecule has 1 fully saturated rings. The van der Waals surface area contributed by atoms with E-state index in [2.05, 4.69) is 52.9 Å². The van der Waals surface area contributed by atoms with Gasteiger partial charge in [0.25, 0.3) is 0 Å². The summed E-state index contributed by atoms with van der Waals surface area (Å²) in [5.41, 5.74) is 8.45. The molecule has 0 amide bonds. The van der Waals surface area contributed by atoms with Crippen LogP contribution in [0.5, 0.6) is 0 Å². The molecule has 1 heterocycles. The highest BCUT2D eigenvalue weighted by Crippen LogP contribution is 2.31. The monoisotopic (exact) mass is 324 g/mol. The van der Waals surface area contributed by atoms with Gasteiger partial charge in [-0.15, -0.1) is 0 Å². The Balaban J connectivity index is 2.06. The molecule has 0 radical (unpaired) electrons. The SMILES string of the molecule is CC(C)C1CCN(c2ccc([C@@H](C)N)c(Br)c2)CC1. The standard InChI is InChI=1S/C16H25BrN2/c1-11(2)13-6-8-19(9-7-13)14-4-5-15(12(3)18)16(17)10-14/h4-5,10-13H,6-9,18H2,1-3H3/t12-/m1/s1. The Hall–Kier alpha value is -0.540. The van der Waals surface area contributed by atoms with Crippen molar-refractivity contribution < 1.29 is 0 Å². The minimum Gasteiger partial charge on any atom is -0.371 e. The summed E-state index contributed by atoms with van der Waals surface area (Å²) >= 11 is 3.64. The molecular formula is C16H25BrN2. The maximum atomic E-state index is 5.95. The molecule has 106 valence electrons. The lowest BCUT2D eigenvalue weighted by atomic mass is 9.86. The molecule has 2 rings (SSSR count). The van der Waals surface area contributed by atoms with Gasteiger partial charge in [-0.1, -0.05) is 35.8 Å². The van der Waals surface area contributed by atoms with Crippen LogP contribution in [-0.4, -0.2) is 13.1 Å². The van der Waals surface area contributed by atoms with Gasteiger partial charge in [0.1, 0.15) is 0 Å². The molecule has 1 aliphatic heterocycles. The molecule has 1 aromatic carbocycles. The fraction of sp³-hybridized carbons (Fsp3) is 0.625. The highest BCUT2D eigenvalue weighted by atomic mass is 79.9. The van der Waals surface area contributed by atoms with E-state index < -0.39 is 0 Å². The van der Waals surface area contributed by atoms with Gasteiger partial charge in [0.15, 0.2) is 0 Å². The number of nitrogens with two attached hydrogens (primary N) is 1. The van der Waals surface area contributed by atoms with E-state index in [1.807, 2.05) is 6.92 Å². The van der Waals surface area contributed by atoms with Crippen molar-refractivity contribution in [2.24, 2.45) is 17.6 Å². The molecule has 0 spiro atoms. The molecule has 0 aliphatic carbocycles. The van der Waals surface area contributed by atoms with Crippen molar-refractivity contribution in [3.8, 4) is 0 Å². The second-order valence-electron chi connectivity index (χ2n) is 6.06. The maximum Gasteiger partial charge on any atom is 0.0377 e. The van der Waals surface area contributed by atoms with Gasteiger partial charge in [-0.2, -0.15) is 0 Å². The molecule has 1 atom stereocenters. The van der Waals surface area contributed by atoms with E-state index in [-0.39, 0.29) is 6.04 Å². The van der Waals surface area contributed by atoms with E-state index in [0.29, 0.717) is 0 Å². The minimum atomic E-state index is 0.0788. The van der Waals surface area contributed by atoms with E-state index in [1.54, 1.807) is 0 Å². The van der Waals surface area contributed by atoms with Gasteiger partial charge in [-0.25, -0.2) is 0 Å². The van der Waals surface area contributed by atoms with E-state index in [1.165, 1.54) is 37.2 Å². The molecule has 1 saturated heterocycles. The number of hydrogen-bond acceptors (Lipinski definition) is 2. The number of hydrogen-bond donors (Lipinski definition) is 1. The highest BCUT2D eigenvalue weighted by molar-refractivity contribution is 9.10. The van der Waals surface area contributed by atoms with E-state index in [0.717, 1.165) is 16.3 Å². The lowest BCUT2D eigenvalue weighted by Crippen LogP contribution is -2.35. The van der Waals surface area contributed by atoms with Crippen LogP contribution in [0.1, 0.15) is 45.2 Å². The predicted octanol–water partition coefficient (Wildman–Crippen LogP) is 4.34. The van der Waals surface area contributed by atoms with Crippen LogP contribution in [0.3, 0.4) is 0 Å². The van der Waals surface area contributed by atoms with Crippen LogP contribution in [0.2, 0.25) is 0 Å². The summed E-state index contributed by atoms with van der Waals surface area (Å²) in [5, 5.41) is 0. The second-order valence-corrected chi connectivity index (χ2v) is 6.92. The first-order chi connectivity index (χ1) is 8.99. The van der Waals surface area contributed by atoms with Crippen LogP contribution in [0, 0.1) is 11.8 Å². The molecule has 0 saturated carbocycles. The average Bonchev–Trinajstić information content (AvgIpc) is 2.38. The number of nitrogens with zero attached hydrogens (tertiary/aromatic N) is 1. The van der Waals surface area contributed by atoms with Crippen LogP contribution in [0.4, 0.5) is 5.69 Å². The number of rotatable bonds is 3. The number of anilines is 1. The summed E-state index contributed by atoms with van der Waals surface area (Å²) in [5.74, 6) is 1.71. The van der Waals surface area contributed by atoms with E-state index in [9.17, 15) is 0 Å². The average molecular weight is 325 g/mol. The Morgan fingerprint density at radius 1 is 1.21 bits per heavy atom. The Kier molecular flexibility index (Phi) is 4.91. The van der Waals surface area contributed by atoms with Gasteiger partial charge in [0, 0.05) is 29.3 Å². The van der Waals surface area contributed by atoms with Crippen LogP contribution >= 0.6 is 15.9 Å². The van der Waals surface area contributed by atoms with Gasteiger partial charge >= 0.3 is 0 Å². The van der Waals surface area contributed by atoms with Gasteiger partial charge in [-0.3, -0.25) is 0 Å². The highest BCUT2D eigenvalue weighted by Gasteiger charge is 2.22. The fourth-order valence-electron chi connectivity index (χ4n) is 2.91. The molecule has 0 aromatic heterocycles. The zero-order valence-electron chi connectivity index (χ0n) is 12.2. The molecule has 2 N–H and O–H groups in total. The first-order valence-corrected chi connectivity index (χ1v) is 8.08. The molecular weight excluding hydrogens is 300 g/mol. The van der Waals surface area contributed by atoms with Crippen molar-refractivity contribution in [1.82, 2.24) is 0 Å². The Morgan fingerprint density at radius 3 is 2.32 bits per heavy atom. The summed E-state index contributed by atoms with van der Waals surface area (Å²) in [6.07, 6.45) is 2.62. The summed E-state index contributed by atoms with van der Waals surface area (Å²) in [4.78, 5) is 2.49. The van der Waals surface area contributed by atoms with Crippen LogP contribution in [-0.2, 0) is 0 Å². The van der Waals surface area contributed by atoms with Crippen molar-refractivity contribution in [3.05, 3.63) is 28.2 Å². The third-order valence-electron chi connectivity index (χ3n) is 4.32. The Morgan fingerprint density at radius 2 is 1.84 bits per heavy atom. The molecule has 3 heteroatoms. The van der Waals surface area contributed by atoms with Gasteiger partial charge in [-0.05, 0) is 49.3 Å². The second kappa shape index (κ2) is 6.27. The molecule has 1 aliphatic rings. The number of benzene rings is 1. The molecule has 0 bridgehead atoms. The van der Waals surface area contributed by atoms with Crippen molar-refractivity contribution in [2.75, 3.05) is 18.0 Å². The quantitative estimate of drug-likeness (QED) is 0.896. The Labute approximate surface area is 125 Å². The first-order valence-electron chi connectivity index (χ1n) is 7.29. The van der Waals surface area contributed by atoms with Gasteiger partial charge in [0.05, 0.1) is 0 Å². The Bertz CT molecular complexity index is 421. The van der Waals surface area contributed by atoms with Crippen molar-refractivity contribution in [2.45, 2.75) is 39.7 Å². The lowest BCUT2D eigenvalue weighted by molar-refractivity contribution is 0.311. The maximum absolute atomic E-state index is 5.95. The van der Waals surface area contributed by atoms with Crippen LogP contribution < -0.4 is 10.6 Å². The topological polar surface area (TPSA) is 29.3 Å². The summed E-state index contributed by atoms with van der Waals surface area (Å²) in [6, 6.07) is 6.65. The van der Waals surface area contributed by atoms with Crippen molar-refractivity contribution >= 4 is 21.6 Å². The summed E-state index contributed by atoms with van der Waals surface area (Å²) in [6.45, 7) is 9.05. The van der Waals surface area contributed by atoms with Crippen LogP contribution in [0.25, 0.3) is 0 Å². The summed E-state index contributed by atoms with van der Waals surface area (Å²) in [7, 11) is 0. The zero-order chi connectivity index (χ0) is 14.0. The molecule has 2 nitrogen and oxygen atoms in total. The largest absolute Gasteiger partial charge is 0.371 e. The first kappa shape index (κ1) is 14.9. The zero-order valence-corrected chi connectivity index (χ0v) is 13.8. The van der Waals surface area contributed by atoms with E-state index in [4.69, 9.17) is 5.73 Å². The number of halogens is 1. The van der Waals surface area contributed by atoms with Gasteiger partial charge < -0.3 is 10.6 Å². The van der Waals surface area contributed by atoms with Gasteiger partial charge in [0.2, 0.25) is 0 Å².